The molecular formula is C14H18FNO2. The van der Waals surface area contributed by atoms with E-state index in [0.29, 0.717) is 12.0 Å². The molecule has 0 radical (unpaired) electrons. The van der Waals surface area contributed by atoms with E-state index in [1.54, 1.807) is 12.1 Å². The van der Waals surface area contributed by atoms with Crippen molar-refractivity contribution in [3.05, 3.63) is 35.6 Å². The zero-order chi connectivity index (χ0) is 13.3. The first-order valence-electron chi connectivity index (χ1n) is 6.11. The van der Waals surface area contributed by atoms with Gasteiger partial charge >= 0.3 is 0 Å². The Morgan fingerprint density at radius 3 is 2.83 bits per heavy atom. The minimum Gasteiger partial charge on any atom is -0.392 e. The molecule has 2 unspecified atom stereocenters. The third-order valence-electron chi connectivity index (χ3n) is 3.80. The van der Waals surface area contributed by atoms with Gasteiger partial charge < -0.3 is 10.4 Å². The number of nitrogens with one attached hydrogen (secondary N) is 1. The maximum absolute atomic E-state index is 13.0. The Labute approximate surface area is 106 Å². The third-order valence-corrected chi connectivity index (χ3v) is 3.80. The Bertz CT molecular complexity index is 459. The van der Waals surface area contributed by atoms with Crippen molar-refractivity contribution in [2.45, 2.75) is 38.8 Å². The van der Waals surface area contributed by atoms with Crippen LogP contribution in [-0.2, 0) is 11.2 Å². The number of hydrogen-bond acceptors (Lipinski definition) is 2. The zero-order valence-electron chi connectivity index (χ0n) is 10.6. The third kappa shape index (κ3) is 2.53. The summed E-state index contributed by atoms with van der Waals surface area (Å²) >= 11 is 0. The first-order valence-corrected chi connectivity index (χ1v) is 6.11. The number of carbonyl (C=O) groups excluding carboxylic acids is 1. The van der Waals surface area contributed by atoms with E-state index in [-0.39, 0.29) is 35.7 Å². The monoisotopic (exact) mass is 251 g/mol. The lowest BCUT2D eigenvalue weighted by Gasteiger charge is -2.49. The highest BCUT2D eigenvalue weighted by atomic mass is 19.1. The molecule has 0 spiro atoms. The summed E-state index contributed by atoms with van der Waals surface area (Å²) in [6, 6.07) is 6.03. The Balaban J connectivity index is 1.90. The van der Waals surface area contributed by atoms with Gasteiger partial charge in [-0.3, -0.25) is 4.79 Å². The first-order chi connectivity index (χ1) is 8.39. The van der Waals surface area contributed by atoms with Gasteiger partial charge in [0.2, 0.25) is 5.91 Å². The lowest BCUT2D eigenvalue weighted by Crippen LogP contribution is -2.61. The summed E-state index contributed by atoms with van der Waals surface area (Å²) in [5.74, 6) is -0.467. The SMILES string of the molecule is CC1(C)C(O)CC1NC(=O)Cc1cccc(F)c1. The highest BCUT2D eigenvalue weighted by molar-refractivity contribution is 5.79. The fourth-order valence-corrected chi connectivity index (χ4v) is 2.23. The van der Waals surface area contributed by atoms with Gasteiger partial charge in [0.1, 0.15) is 5.82 Å². The lowest BCUT2D eigenvalue weighted by atomic mass is 9.64. The standard InChI is InChI=1S/C14H18FNO2/c1-14(2)11(8-12(14)17)16-13(18)7-9-4-3-5-10(15)6-9/h3-6,11-12,17H,7-8H2,1-2H3,(H,16,18). The molecule has 2 atom stereocenters. The van der Waals surface area contributed by atoms with Crippen molar-refractivity contribution >= 4 is 5.91 Å². The molecule has 1 saturated carbocycles. The molecule has 0 heterocycles. The van der Waals surface area contributed by atoms with Crippen LogP contribution in [-0.4, -0.2) is 23.2 Å². The average Bonchev–Trinajstić information content (AvgIpc) is 2.28. The Kier molecular flexibility index (Phi) is 3.39. The number of rotatable bonds is 3. The van der Waals surface area contributed by atoms with Crippen molar-refractivity contribution in [1.82, 2.24) is 5.32 Å². The number of hydrogen-bond donors (Lipinski definition) is 2. The van der Waals surface area contributed by atoms with Crippen LogP contribution >= 0.6 is 0 Å². The fraction of sp³-hybridized carbons (Fsp3) is 0.500. The van der Waals surface area contributed by atoms with Crippen LogP contribution < -0.4 is 5.32 Å². The van der Waals surface area contributed by atoms with Crippen molar-refractivity contribution < 1.29 is 14.3 Å². The van der Waals surface area contributed by atoms with E-state index in [1.165, 1.54) is 12.1 Å². The predicted octanol–water partition coefficient (Wildman–Crippen LogP) is 1.64. The highest BCUT2D eigenvalue weighted by Crippen LogP contribution is 2.40. The molecule has 0 aromatic heterocycles. The largest absolute Gasteiger partial charge is 0.392 e. The van der Waals surface area contributed by atoms with E-state index in [2.05, 4.69) is 5.32 Å². The number of aliphatic hydroxyl groups is 1. The van der Waals surface area contributed by atoms with E-state index in [1.807, 2.05) is 13.8 Å². The van der Waals surface area contributed by atoms with Crippen LogP contribution in [0.2, 0.25) is 0 Å². The molecule has 4 heteroatoms. The van der Waals surface area contributed by atoms with Crippen molar-refractivity contribution in [2.75, 3.05) is 0 Å². The molecule has 2 N–H and O–H groups in total. The van der Waals surface area contributed by atoms with E-state index in [4.69, 9.17) is 0 Å². The second-order valence-corrected chi connectivity index (χ2v) is 5.50. The van der Waals surface area contributed by atoms with Gasteiger partial charge in [-0.1, -0.05) is 26.0 Å². The van der Waals surface area contributed by atoms with Crippen molar-refractivity contribution in [1.29, 1.82) is 0 Å². The van der Waals surface area contributed by atoms with E-state index in [0.717, 1.165) is 0 Å². The Morgan fingerprint density at radius 1 is 1.56 bits per heavy atom. The summed E-state index contributed by atoms with van der Waals surface area (Å²) < 4.78 is 13.0. The fourth-order valence-electron chi connectivity index (χ4n) is 2.23. The quantitative estimate of drug-likeness (QED) is 0.858. The molecule has 0 saturated heterocycles. The second kappa shape index (κ2) is 4.69. The number of carbonyl (C=O) groups is 1. The van der Waals surface area contributed by atoms with Crippen LogP contribution in [0.3, 0.4) is 0 Å². The van der Waals surface area contributed by atoms with Gasteiger partial charge in [0, 0.05) is 11.5 Å². The maximum Gasteiger partial charge on any atom is 0.224 e. The van der Waals surface area contributed by atoms with Crippen LogP contribution in [0.5, 0.6) is 0 Å². The van der Waals surface area contributed by atoms with Gasteiger partial charge in [-0.05, 0) is 24.1 Å². The molecule has 3 nitrogen and oxygen atoms in total. The number of halogens is 1. The molecule has 0 bridgehead atoms. The van der Waals surface area contributed by atoms with Crippen LogP contribution in [0.4, 0.5) is 4.39 Å². The summed E-state index contributed by atoms with van der Waals surface area (Å²) in [4.78, 5) is 11.8. The van der Waals surface area contributed by atoms with Gasteiger partial charge in [0.05, 0.1) is 12.5 Å². The Morgan fingerprint density at radius 2 is 2.28 bits per heavy atom. The molecule has 1 amide bonds. The van der Waals surface area contributed by atoms with Gasteiger partial charge in [-0.15, -0.1) is 0 Å². The number of benzene rings is 1. The van der Waals surface area contributed by atoms with Gasteiger partial charge in [0.15, 0.2) is 0 Å². The predicted molar refractivity (Wildman–Crippen MR) is 66.4 cm³/mol. The topological polar surface area (TPSA) is 49.3 Å². The van der Waals surface area contributed by atoms with Crippen LogP contribution in [0.1, 0.15) is 25.8 Å². The highest BCUT2D eigenvalue weighted by Gasteiger charge is 2.47. The summed E-state index contributed by atoms with van der Waals surface area (Å²) in [6.45, 7) is 3.85. The van der Waals surface area contributed by atoms with Crippen molar-refractivity contribution in [2.24, 2.45) is 5.41 Å². The van der Waals surface area contributed by atoms with E-state index < -0.39 is 0 Å². The second-order valence-electron chi connectivity index (χ2n) is 5.50. The molecule has 0 aliphatic heterocycles. The van der Waals surface area contributed by atoms with Crippen molar-refractivity contribution in [3.8, 4) is 0 Å². The summed E-state index contributed by atoms with van der Waals surface area (Å²) in [6.07, 6.45) is 0.388. The summed E-state index contributed by atoms with van der Waals surface area (Å²) in [5, 5.41) is 12.5. The van der Waals surface area contributed by atoms with Crippen LogP contribution in [0, 0.1) is 11.2 Å². The van der Waals surface area contributed by atoms with Gasteiger partial charge in [-0.25, -0.2) is 4.39 Å². The minimum absolute atomic E-state index is 0.00596. The molecule has 1 aromatic carbocycles. The van der Waals surface area contributed by atoms with Gasteiger partial charge in [-0.2, -0.15) is 0 Å². The molecule has 98 valence electrons. The molecular weight excluding hydrogens is 233 g/mol. The average molecular weight is 251 g/mol. The van der Waals surface area contributed by atoms with Crippen LogP contribution in [0.15, 0.2) is 24.3 Å². The van der Waals surface area contributed by atoms with Gasteiger partial charge in [0.25, 0.3) is 0 Å². The maximum atomic E-state index is 13.0. The smallest absolute Gasteiger partial charge is 0.224 e. The molecule has 18 heavy (non-hydrogen) atoms. The normalized spacial score (nSPS) is 25.3. The first kappa shape index (κ1) is 13.0. The molecule has 1 aliphatic rings. The van der Waals surface area contributed by atoms with E-state index in [9.17, 15) is 14.3 Å². The Hall–Kier alpha value is -1.42. The summed E-state index contributed by atoms with van der Waals surface area (Å²) in [5.41, 5.74) is 0.377. The van der Waals surface area contributed by atoms with Crippen LogP contribution in [0.25, 0.3) is 0 Å². The molecule has 2 rings (SSSR count). The molecule has 1 fully saturated rings. The zero-order valence-corrected chi connectivity index (χ0v) is 10.6. The summed E-state index contributed by atoms with van der Waals surface area (Å²) in [7, 11) is 0. The molecule has 1 aromatic rings. The lowest BCUT2D eigenvalue weighted by molar-refractivity contribution is -0.128. The number of aliphatic hydroxyl groups excluding tert-OH is 1. The molecule has 1 aliphatic carbocycles. The van der Waals surface area contributed by atoms with E-state index >= 15 is 0 Å². The van der Waals surface area contributed by atoms with Crippen molar-refractivity contribution in [3.63, 3.8) is 0 Å². The number of amides is 1. The minimum atomic E-state index is -0.364.